The first-order chi connectivity index (χ1) is 12.8. The summed E-state index contributed by atoms with van der Waals surface area (Å²) in [6.45, 7) is 10.3. The third-order valence-electron chi connectivity index (χ3n) is 5.82. The van der Waals surface area contributed by atoms with Crippen LogP contribution in [0, 0.1) is 5.92 Å². The predicted octanol–water partition coefficient (Wildman–Crippen LogP) is 1.77. The minimum Gasteiger partial charge on any atom is -0.357 e. The molecule has 1 saturated carbocycles. The lowest BCUT2D eigenvalue weighted by Gasteiger charge is -2.37. The highest BCUT2D eigenvalue weighted by Crippen LogP contribution is 2.32. The van der Waals surface area contributed by atoms with Crippen LogP contribution in [0.4, 0.5) is 0 Å². The van der Waals surface area contributed by atoms with Crippen molar-refractivity contribution in [2.45, 2.75) is 51.9 Å². The highest BCUT2D eigenvalue weighted by molar-refractivity contribution is 5.80. The first-order valence-electron chi connectivity index (χ1n) is 10.8. The number of likely N-dealkylation sites (tertiary alicyclic amines) is 1. The van der Waals surface area contributed by atoms with Gasteiger partial charge in [0.05, 0.1) is 6.54 Å². The molecule has 0 bridgehead atoms. The van der Waals surface area contributed by atoms with Gasteiger partial charge in [-0.1, -0.05) is 25.7 Å². The van der Waals surface area contributed by atoms with Crippen molar-refractivity contribution in [3.05, 3.63) is 0 Å². The lowest BCUT2D eigenvalue weighted by molar-refractivity contribution is -0.132. The fourth-order valence-electron chi connectivity index (χ4n) is 3.91. The molecule has 1 aliphatic carbocycles. The highest BCUT2D eigenvalue weighted by Gasteiger charge is 2.24. The fourth-order valence-corrected chi connectivity index (χ4v) is 3.91. The fraction of sp³-hybridized carbons (Fsp3) is 0.900. The second-order valence-corrected chi connectivity index (χ2v) is 8.03. The van der Waals surface area contributed by atoms with Crippen molar-refractivity contribution >= 4 is 11.9 Å². The van der Waals surface area contributed by atoms with Crippen molar-refractivity contribution in [2.75, 3.05) is 58.9 Å². The number of carbonyl (C=O) groups excluding carboxylic acids is 1. The molecular formula is C20H37N5O. The van der Waals surface area contributed by atoms with Gasteiger partial charge in [0.25, 0.3) is 0 Å². The summed E-state index contributed by atoms with van der Waals surface area (Å²) < 4.78 is 0. The summed E-state index contributed by atoms with van der Waals surface area (Å²) in [5.41, 5.74) is 0. The molecule has 26 heavy (non-hydrogen) atoms. The van der Waals surface area contributed by atoms with E-state index in [4.69, 9.17) is 4.99 Å². The molecular weight excluding hydrogens is 326 g/mol. The Kier molecular flexibility index (Phi) is 7.59. The van der Waals surface area contributed by atoms with E-state index in [2.05, 4.69) is 26.9 Å². The molecule has 0 radical (unpaired) electrons. The molecule has 6 heteroatoms. The molecule has 2 aliphatic heterocycles. The van der Waals surface area contributed by atoms with Crippen LogP contribution in [0.2, 0.25) is 0 Å². The van der Waals surface area contributed by atoms with Crippen LogP contribution in [0.3, 0.4) is 0 Å². The lowest BCUT2D eigenvalue weighted by Crippen LogP contribution is -2.54. The number of guanidine groups is 1. The molecule has 0 aromatic heterocycles. The maximum Gasteiger partial charge on any atom is 0.236 e. The third-order valence-corrected chi connectivity index (χ3v) is 5.82. The summed E-state index contributed by atoms with van der Waals surface area (Å²) >= 11 is 0. The number of hydrogen-bond acceptors (Lipinski definition) is 3. The van der Waals surface area contributed by atoms with Crippen LogP contribution in [-0.4, -0.2) is 85.5 Å². The van der Waals surface area contributed by atoms with Gasteiger partial charge >= 0.3 is 0 Å². The maximum absolute atomic E-state index is 12.6. The largest absolute Gasteiger partial charge is 0.357 e. The van der Waals surface area contributed by atoms with Crippen LogP contribution < -0.4 is 5.32 Å². The number of nitrogens with one attached hydrogen (secondary N) is 1. The summed E-state index contributed by atoms with van der Waals surface area (Å²) in [5, 5.41) is 3.44. The van der Waals surface area contributed by atoms with Crippen LogP contribution in [0.1, 0.15) is 51.9 Å². The second kappa shape index (κ2) is 10.1. The summed E-state index contributed by atoms with van der Waals surface area (Å²) in [6.07, 6.45) is 8.92. The Morgan fingerprint density at radius 1 is 0.962 bits per heavy atom. The van der Waals surface area contributed by atoms with Crippen LogP contribution in [0.5, 0.6) is 0 Å². The molecule has 2 heterocycles. The van der Waals surface area contributed by atoms with Gasteiger partial charge in [-0.15, -0.1) is 0 Å². The summed E-state index contributed by atoms with van der Waals surface area (Å²) in [7, 11) is 0. The molecule has 0 atom stereocenters. The monoisotopic (exact) mass is 363 g/mol. The minimum atomic E-state index is 0.324. The topological polar surface area (TPSA) is 51.2 Å². The van der Waals surface area contributed by atoms with Crippen molar-refractivity contribution < 1.29 is 4.79 Å². The van der Waals surface area contributed by atoms with Gasteiger partial charge in [-0.25, -0.2) is 0 Å². The zero-order valence-electron chi connectivity index (χ0n) is 16.6. The molecule has 2 saturated heterocycles. The first kappa shape index (κ1) is 19.5. The molecule has 3 fully saturated rings. The Labute approximate surface area is 159 Å². The van der Waals surface area contributed by atoms with Gasteiger partial charge in [-0.2, -0.15) is 0 Å². The maximum atomic E-state index is 12.6. The van der Waals surface area contributed by atoms with Crippen molar-refractivity contribution in [3.8, 4) is 0 Å². The second-order valence-electron chi connectivity index (χ2n) is 8.03. The molecule has 0 aromatic rings. The number of carbonyl (C=O) groups is 1. The van der Waals surface area contributed by atoms with Crippen molar-refractivity contribution in [1.29, 1.82) is 0 Å². The summed E-state index contributed by atoms with van der Waals surface area (Å²) in [5.74, 6) is 2.32. The van der Waals surface area contributed by atoms with Gasteiger partial charge in [0.2, 0.25) is 5.91 Å². The van der Waals surface area contributed by atoms with Crippen LogP contribution in [0.15, 0.2) is 4.99 Å². The van der Waals surface area contributed by atoms with E-state index in [0.29, 0.717) is 12.5 Å². The third kappa shape index (κ3) is 6.15. The molecule has 6 nitrogen and oxygen atoms in total. The van der Waals surface area contributed by atoms with Crippen molar-refractivity contribution in [1.82, 2.24) is 20.0 Å². The zero-order valence-corrected chi connectivity index (χ0v) is 16.6. The van der Waals surface area contributed by atoms with E-state index < -0.39 is 0 Å². The molecule has 1 N–H and O–H groups in total. The Hall–Kier alpha value is -1.30. The predicted molar refractivity (Wildman–Crippen MR) is 106 cm³/mol. The molecule has 0 spiro atoms. The number of nitrogens with zero attached hydrogens (tertiary/aromatic N) is 4. The standard InChI is InChI=1S/C20H37N5O/c1-2-21-20(22-10-9-18-7-8-18)25-15-13-23(14-16-25)17-19(26)24-11-5-3-4-6-12-24/h18H,2-17H2,1H3,(H,21,22). The number of aliphatic imine (C=N–C) groups is 1. The van der Waals surface area contributed by atoms with Crippen LogP contribution >= 0.6 is 0 Å². The average Bonchev–Trinajstić information content (AvgIpc) is 3.48. The molecule has 1 amide bonds. The molecule has 3 rings (SSSR count). The summed E-state index contributed by atoms with van der Waals surface area (Å²) in [6, 6.07) is 0. The van der Waals surface area contributed by atoms with Gasteiger partial charge in [0.15, 0.2) is 5.96 Å². The minimum absolute atomic E-state index is 0.324. The van der Waals surface area contributed by atoms with Gasteiger partial charge in [-0.3, -0.25) is 14.7 Å². The number of piperazine rings is 1. The normalized spacial score (nSPS) is 23.0. The van der Waals surface area contributed by atoms with E-state index in [1.807, 2.05) is 0 Å². The highest BCUT2D eigenvalue weighted by atomic mass is 16.2. The van der Waals surface area contributed by atoms with Gasteiger partial charge in [0.1, 0.15) is 0 Å². The first-order valence-corrected chi connectivity index (χ1v) is 10.8. The molecule has 3 aliphatic rings. The number of amides is 1. The van der Waals surface area contributed by atoms with E-state index in [0.717, 1.165) is 64.2 Å². The SMILES string of the molecule is CCNC(=NCCC1CC1)N1CCN(CC(=O)N2CCCCCC2)CC1. The van der Waals surface area contributed by atoms with Gasteiger partial charge < -0.3 is 15.1 Å². The Balaban J connectivity index is 1.42. The molecule has 0 aromatic carbocycles. The van der Waals surface area contributed by atoms with E-state index in [1.165, 1.54) is 44.9 Å². The van der Waals surface area contributed by atoms with E-state index in [-0.39, 0.29) is 0 Å². The Morgan fingerprint density at radius 2 is 1.65 bits per heavy atom. The molecule has 148 valence electrons. The number of hydrogen-bond donors (Lipinski definition) is 1. The van der Waals surface area contributed by atoms with Crippen molar-refractivity contribution in [3.63, 3.8) is 0 Å². The zero-order chi connectivity index (χ0) is 18.2. The average molecular weight is 364 g/mol. The number of rotatable bonds is 6. The van der Waals surface area contributed by atoms with Gasteiger partial charge in [-0.05, 0) is 32.1 Å². The smallest absolute Gasteiger partial charge is 0.236 e. The van der Waals surface area contributed by atoms with Crippen molar-refractivity contribution in [2.24, 2.45) is 10.9 Å². The van der Waals surface area contributed by atoms with E-state index in [1.54, 1.807) is 0 Å². The van der Waals surface area contributed by atoms with E-state index >= 15 is 0 Å². The van der Waals surface area contributed by atoms with Crippen LogP contribution in [-0.2, 0) is 4.79 Å². The molecule has 0 unspecified atom stereocenters. The summed E-state index contributed by atoms with van der Waals surface area (Å²) in [4.78, 5) is 24.2. The van der Waals surface area contributed by atoms with Gasteiger partial charge in [0, 0.05) is 52.4 Å². The Bertz CT molecular complexity index is 461. The van der Waals surface area contributed by atoms with Crippen LogP contribution in [0.25, 0.3) is 0 Å². The quantitative estimate of drug-likeness (QED) is 0.577. The van der Waals surface area contributed by atoms with E-state index in [9.17, 15) is 4.79 Å². The Morgan fingerprint density at radius 3 is 2.27 bits per heavy atom. The lowest BCUT2D eigenvalue weighted by atomic mass is 10.2.